The number of nitrogens with zero attached hydrogens (tertiary/aromatic N) is 3. The number of aromatic nitrogens is 1. The number of likely N-dealkylation sites (tertiary alicyclic amines) is 2. The quantitative estimate of drug-likeness (QED) is 0.301. The van der Waals surface area contributed by atoms with Crippen molar-refractivity contribution in [3.05, 3.63) is 64.8 Å². The van der Waals surface area contributed by atoms with Gasteiger partial charge in [-0.3, -0.25) is 19.3 Å². The van der Waals surface area contributed by atoms with Gasteiger partial charge in [-0.05, 0) is 55.9 Å². The van der Waals surface area contributed by atoms with Gasteiger partial charge in [0.1, 0.15) is 0 Å². The topological polar surface area (TPSA) is 123 Å². The Kier molecular flexibility index (Phi) is 10.7. The Bertz CT molecular complexity index is 1630. The first kappa shape index (κ1) is 34.4. The van der Waals surface area contributed by atoms with Crippen molar-refractivity contribution in [2.24, 2.45) is 13.0 Å². The van der Waals surface area contributed by atoms with E-state index >= 15 is 0 Å². The number of hydrogen-bond acceptors (Lipinski definition) is 7. The van der Waals surface area contributed by atoms with Crippen molar-refractivity contribution < 1.29 is 33.7 Å². The van der Waals surface area contributed by atoms with Gasteiger partial charge in [-0.1, -0.05) is 35.9 Å². The first-order valence-electron chi connectivity index (χ1n) is 16.7. The predicted molar refractivity (Wildman–Crippen MR) is 182 cm³/mol. The van der Waals surface area contributed by atoms with Gasteiger partial charge in [-0.2, -0.15) is 0 Å². The van der Waals surface area contributed by atoms with Crippen LogP contribution < -0.4 is 5.32 Å². The van der Waals surface area contributed by atoms with Crippen LogP contribution in [0.5, 0.6) is 0 Å². The molecule has 48 heavy (non-hydrogen) atoms. The van der Waals surface area contributed by atoms with Gasteiger partial charge in [-0.25, -0.2) is 0 Å². The maximum Gasteiger partial charge on any atom is 0.306 e. The van der Waals surface area contributed by atoms with E-state index in [1.165, 1.54) is 0 Å². The van der Waals surface area contributed by atoms with Gasteiger partial charge < -0.3 is 34.1 Å². The summed E-state index contributed by atoms with van der Waals surface area (Å²) in [6.07, 6.45) is 5.31. The molecule has 6 rings (SSSR count). The molecule has 3 aliphatic rings. The molecular weight excluding hydrogens is 636 g/mol. The number of ether oxygens (including phenoxy) is 3. The van der Waals surface area contributed by atoms with Crippen molar-refractivity contribution in [2.75, 3.05) is 45.8 Å². The fourth-order valence-corrected chi connectivity index (χ4v) is 7.88. The lowest BCUT2D eigenvalue weighted by Crippen LogP contribution is -2.41. The fraction of sp³-hybridized carbons (Fsp3) is 0.528. The molecule has 2 amide bonds. The highest BCUT2D eigenvalue weighted by Gasteiger charge is 2.43. The lowest BCUT2D eigenvalue weighted by Gasteiger charge is -2.30. The summed E-state index contributed by atoms with van der Waals surface area (Å²) in [5, 5.41) is 13.5. The summed E-state index contributed by atoms with van der Waals surface area (Å²) >= 11 is 6.65. The Labute approximate surface area is 286 Å². The van der Waals surface area contributed by atoms with E-state index in [1.807, 2.05) is 46.8 Å². The largest absolute Gasteiger partial charge is 0.481 e. The second-order valence-corrected chi connectivity index (χ2v) is 13.8. The van der Waals surface area contributed by atoms with Crippen LogP contribution in [0.1, 0.15) is 48.0 Å². The third-order valence-corrected chi connectivity index (χ3v) is 10.7. The van der Waals surface area contributed by atoms with Crippen LogP contribution >= 0.6 is 11.6 Å². The summed E-state index contributed by atoms with van der Waals surface area (Å²) in [5.41, 5.74) is 2.75. The third kappa shape index (κ3) is 7.40. The molecule has 3 aromatic rings. The number of carboxylic acid groups (broad SMARTS) is 1. The van der Waals surface area contributed by atoms with Crippen LogP contribution in [0.4, 0.5) is 5.69 Å². The summed E-state index contributed by atoms with van der Waals surface area (Å²) in [7, 11) is 5.30. The Morgan fingerprint density at radius 1 is 0.979 bits per heavy atom. The van der Waals surface area contributed by atoms with Gasteiger partial charge in [0.05, 0.1) is 59.6 Å². The van der Waals surface area contributed by atoms with Crippen LogP contribution in [0.25, 0.3) is 10.9 Å². The second kappa shape index (κ2) is 15.0. The van der Waals surface area contributed by atoms with Crippen molar-refractivity contribution >= 4 is 46.0 Å². The van der Waals surface area contributed by atoms with Gasteiger partial charge in [-0.15, -0.1) is 0 Å². The molecule has 0 unspecified atom stereocenters. The smallest absolute Gasteiger partial charge is 0.306 e. The Balaban J connectivity index is 1.12. The number of aliphatic carboxylic acids is 1. The van der Waals surface area contributed by atoms with Crippen molar-refractivity contribution in [3.63, 3.8) is 0 Å². The highest BCUT2D eigenvalue weighted by atomic mass is 35.5. The molecule has 2 saturated heterocycles. The van der Waals surface area contributed by atoms with Gasteiger partial charge in [0.2, 0.25) is 5.91 Å². The zero-order chi connectivity index (χ0) is 33.9. The zero-order valence-electron chi connectivity index (χ0n) is 27.8. The number of nitrogens with one attached hydrogen (secondary N) is 1. The number of anilines is 1. The van der Waals surface area contributed by atoms with E-state index in [0.717, 1.165) is 36.0 Å². The molecule has 3 heterocycles. The van der Waals surface area contributed by atoms with E-state index in [1.54, 1.807) is 32.5 Å². The number of carbonyl (C=O) groups is 3. The van der Waals surface area contributed by atoms with Crippen LogP contribution in [0, 0.1) is 5.92 Å². The number of hydrogen-bond donors (Lipinski definition) is 2. The van der Waals surface area contributed by atoms with Gasteiger partial charge in [0.15, 0.2) is 0 Å². The molecule has 3 fully saturated rings. The minimum Gasteiger partial charge on any atom is -0.481 e. The molecule has 12 heteroatoms. The van der Waals surface area contributed by atoms with Crippen molar-refractivity contribution in [3.8, 4) is 0 Å². The molecule has 2 aliphatic heterocycles. The van der Waals surface area contributed by atoms with E-state index in [-0.39, 0.29) is 54.5 Å². The normalized spacial score (nSPS) is 26.3. The first-order valence-corrected chi connectivity index (χ1v) is 17.1. The van der Waals surface area contributed by atoms with Crippen LogP contribution in [-0.4, -0.2) is 108 Å². The molecule has 1 saturated carbocycles. The van der Waals surface area contributed by atoms with E-state index in [0.29, 0.717) is 55.1 Å². The monoisotopic (exact) mass is 680 g/mol. The SMILES string of the molecule is CO[C@H]1CN([C@H]2C[C@@H](COC3CCC(C(=O)O)CC3)N(C(=O)Cc3ccc(NC(=O)c4cn(C)c5ccccc45)c(Cl)c3)C2)C[C@H]1OC. The second-order valence-electron chi connectivity index (χ2n) is 13.4. The number of fused-ring (bicyclic) bond motifs is 1. The number of carboxylic acids is 1. The Morgan fingerprint density at radius 2 is 1.69 bits per heavy atom. The summed E-state index contributed by atoms with van der Waals surface area (Å²) in [6.45, 7) is 2.43. The molecule has 1 aliphatic carbocycles. The molecule has 1 aromatic heterocycles. The molecule has 0 spiro atoms. The molecule has 0 bridgehead atoms. The number of halogens is 1. The summed E-state index contributed by atoms with van der Waals surface area (Å²) in [4.78, 5) is 42.8. The van der Waals surface area contributed by atoms with Crippen molar-refractivity contribution in [1.29, 1.82) is 0 Å². The number of amides is 2. The highest BCUT2D eigenvalue weighted by molar-refractivity contribution is 6.34. The number of benzene rings is 2. The highest BCUT2D eigenvalue weighted by Crippen LogP contribution is 2.32. The average Bonchev–Trinajstić information content (AvgIpc) is 3.80. The van der Waals surface area contributed by atoms with Gasteiger partial charge in [0.25, 0.3) is 5.91 Å². The molecule has 2 N–H and O–H groups in total. The number of methoxy groups -OCH3 is 2. The third-order valence-electron chi connectivity index (χ3n) is 10.4. The van der Waals surface area contributed by atoms with E-state index in [9.17, 15) is 19.5 Å². The molecule has 2 aromatic carbocycles. The Hall–Kier alpha value is -3.48. The maximum atomic E-state index is 13.9. The van der Waals surface area contributed by atoms with Gasteiger partial charge >= 0.3 is 5.97 Å². The number of rotatable bonds is 11. The molecular formula is C36H45ClN4O7. The lowest BCUT2D eigenvalue weighted by atomic mass is 9.87. The summed E-state index contributed by atoms with van der Waals surface area (Å²) < 4.78 is 19.6. The number of para-hydroxylation sites is 1. The first-order chi connectivity index (χ1) is 23.1. The number of carbonyl (C=O) groups excluding carboxylic acids is 2. The van der Waals surface area contributed by atoms with E-state index < -0.39 is 5.97 Å². The minimum absolute atomic E-state index is 0.00503. The van der Waals surface area contributed by atoms with E-state index in [2.05, 4.69) is 10.2 Å². The molecule has 11 nitrogen and oxygen atoms in total. The lowest BCUT2D eigenvalue weighted by molar-refractivity contribution is -0.144. The van der Waals surface area contributed by atoms with E-state index in [4.69, 9.17) is 25.8 Å². The average molecular weight is 681 g/mol. The predicted octanol–water partition coefficient (Wildman–Crippen LogP) is 4.60. The maximum absolute atomic E-state index is 13.9. The van der Waals surface area contributed by atoms with Crippen LogP contribution in [0.3, 0.4) is 0 Å². The molecule has 4 atom stereocenters. The van der Waals surface area contributed by atoms with Gasteiger partial charge in [0, 0.05) is 64.0 Å². The summed E-state index contributed by atoms with van der Waals surface area (Å²) in [6, 6.07) is 13.1. The minimum atomic E-state index is -0.737. The standard InChI is InChI=1S/C36H45ClN4O7/c1-39-18-28(27-6-4-5-7-31(27)39)35(43)38-30-13-8-22(14-29(30)37)15-34(42)41-17-24(40-19-32(46-2)33(20-40)47-3)16-25(41)21-48-26-11-9-23(10-12-26)36(44)45/h4-8,13-14,18,23-26,32-33H,9-12,15-17,19-21H2,1-3H3,(H,38,43)(H,44,45)/t23?,24-,25-,26?,32-,33+/m0/s1. The van der Waals surface area contributed by atoms with Crippen molar-refractivity contribution in [2.45, 2.75) is 68.9 Å². The Morgan fingerprint density at radius 3 is 2.35 bits per heavy atom. The zero-order valence-corrected chi connectivity index (χ0v) is 28.5. The summed E-state index contributed by atoms with van der Waals surface area (Å²) in [5.74, 6) is -1.32. The molecule has 258 valence electrons. The van der Waals surface area contributed by atoms with Crippen LogP contribution in [0.15, 0.2) is 48.7 Å². The molecule has 0 radical (unpaired) electrons. The fourth-order valence-electron chi connectivity index (χ4n) is 7.62. The van der Waals surface area contributed by atoms with Crippen LogP contribution in [-0.2, 0) is 37.3 Å². The van der Waals surface area contributed by atoms with Crippen molar-refractivity contribution in [1.82, 2.24) is 14.4 Å². The number of aryl methyl sites for hydroxylation is 1. The van der Waals surface area contributed by atoms with Crippen LogP contribution in [0.2, 0.25) is 5.02 Å².